The molecule has 5 rings (SSSR count). The van der Waals surface area contributed by atoms with Crippen molar-refractivity contribution < 1.29 is 9.59 Å². The second-order valence-electron chi connectivity index (χ2n) is 7.80. The topological polar surface area (TPSA) is 37.4 Å². The van der Waals surface area contributed by atoms with Crippen molar-refractivity contribution in [3.63, 3.8) is 0 Å². The van der Waals surface area contributed by atoms with Crippen LogP contribution in [0, 0.1) is 0 Å². The second-order valence-corrected chi connectivity index (χ2v) is 8.59. The Morgan fingerprint density at radius 2 is 1.67 bits per heavy atom. The minimum Gasteiger partial charge on any atom is -0.294 e. The smallest absolute Gasteiger partial charge is 0.232 e. The maximum absolute atomic E-state index is 13.3. The standard InChI is InChI=1S/C25H19Cl2NO2/c26-19-7-3-9-21(25(19)27)28-20-8-4-10-22(29)24(20)18(14-23(28)30)17-12-11-15-5-1-2-6-16(15)13-17/h1-3,5-7,9,11-13,18H,4,8,10,14H2. The number of halogens is 2. The van der Waals surface area contributed by atoms with Crippen LogP contribution in [0.1, 0.15) is 37.2 Å². The quantitative estimate of drug-likeness (QED) is 0.450. The predicted molar refractivity (Wildman–Crippen MR) is 121 cm³/mol. The average Bonchev–Trinajstić information content (AvgIpc) is 2.75. The number of hydrogen-bond acceptors (Lipinski definition) is 2. The van der Waals surface area contributed by atoms with Crippen LogP contribution in [0.5, 0.6) is 0 Å². The number of hydrogen-bond donors (Lipinski definition) is 0. The lowest BCUT2D eigenvalue weighted by Gasteiger charge is -2.38. The molecule has 0 saturated heterocycles. The van der Waals surface area contributed by atoms with E-state index in [1.165, 1.54) is 0 Å². The summed E-state index contributed by atoms with van der Waals surface area (Å²) >= 11 is 12.7. The summed E-state index contributed by atoms with van der Waals surface area (Å²) < 4.78 is 0. The summed E-state index contributed by atoms with van der Waals surface area (Å²) in [5.74, 6) is -0.185. The van der Waals surface area contributed by atoms with Crippen molar-refractivity contribution >= 4 is 51.4 Å². The zero-order valence-corrected chi connectivity index (χ0v) is 17.7. The first-order valence-corrected chi connectivity index (χ1v) is 10.8. The maximum atomic E-state index is 13.3. The van der Waals surface area contributed by atoms with Gasteiger partial charge in [-0.25, -0.2) is 0 Å². The lowest BCUT2D eigenvalue weighted by molar-refractivity contribution is -0.119. The molecule has 0 N–H and O–H groups in total. The number of nitrogens with zero attached hydrogens (tertiary/aromatic N) is 1. The Kier molecular flexibility index (Phi) is 4.88. The van der Waals surface area contributed by atoms with Gasteiger partial charge in [0.25, 0.3) is 0 Å². The Labute approximate surface area is 184 Å². The first-order valence-electron chi connectivity index (χ1n) is 10.1. The molecule has 0 fully saturated rings. The first kappa shape index (κ1) is 19.3. The van der Waals surface area contributed by atoms with Crippen LogP contribution < -0.4 is 4.90 Å². The number of Topliss-reactive ketones (excluding diaryl/α,β-unsaturated/α-hetero) is 1. The van der Waals surface area contributed by atoms with E-state index in [4.69, 9.17) is 23.2 Å². The highest BCUT2D eigenvalue weighted by atomic mass is 35.5. The lowest BCUT2D eigenvalue weighted by Crippen LogP contribution is -2.40. The highest BCUT2D eigenvalue weighted by Crippen LogP contribution is 2.46. The van der Waals surface area contributed by atoms with E-state index in [1.54, 1.807) is 23.1 Å². The van der Waals surface area contributed by atoms with Crippen molar-refractivity contribution in [2.75, 3.05) is 4.90 Å². The van der Waals surface area contributed by atoms with Crippen molar-refractivity contribution in [3.05, 3.63) is 87.5 Å². The SMILES string of the molecule is O=C1CCCC2=C1C(c1ccc3ccccc3c1)CC(=O)N2c1cccc(Cl)c1Cl. The molecule has 1 aliphatic carbocycles. The first-order chi connectivity index (χ1) is 14.5. The van der Waals surface area contributed by atoms with Crippen molar-refractivity contribution in [2.24, 2.45) is 0 Å². The van der Waals surface area contributed by atoms with Crippen LogP contribution in [0.2, 0.25) is 10.0 Å². The summed E-state index contributed by atoms with van der Waals surface area (Å²) in [5, 5.41) is 2.97. The summed E-state index contributed by atoms with van der Waals surface area (Å²) in [6.07, 6.45) is 2.13. The van der Waals surface area contributed by atoms with Crippen LogP contribution in [0.25, 0.3) is 10.8 Å². The molecular formula is C25H19Cl2NO2. The maximum Gasteiger partial charge on any atom is 0.232 e. The van der Waals surface area contributed by atoms with E-state index in [1.807, 2.05) is 18.2 Å². The van der Waals surface area contributed by atoms with E-state index in [2.05, 4.69) is 24.3 Å². The van der Waals surface area contributed by atoms with Gasteiger partial charge in [0.15, 0.2) is 5.78 Å². The van der Waals surface area contributed by atoms with Gasteiger partial charge in [-0.3, -0.25) is 14.5 Å². The fraction of sp³-hybridized carbons (Fsp3) is 0.200. The molecule has 1 unspecified atom stereocenters. The second kappa shape index (κ2) is 7.57. The third-order valence-electron chi connectivity index (χ3n) is 6.02. The van der Waals surface area contributed by atoms with E-state index >= 15 is 0 Å². The van der Waals surface area contributed by atoms with Gasteiger partial charge in [0.05, 0.1) is 15.7 Å². The molecule has 1 aliphatic heterocycles. The molecule has 1 heterocycles. The van der Waals surface area contributed by atoms with Gasteiger partial charge in [0, 0.05) is 30.0 Å². The largest absolute Gasteiger partial charge is 0.294 e. The zero-order valence-electron chi connectivity index (χ0n) is 16.2. The van der Waals surface area contributed by atoms with E-state index < -0.39 is 0 Å². The van der Waals surface area contributed by atoms with E-state index in [0.717, 1.165) is 34.0 Å². The molecule has 1 amide bonds. The minimum absolute atomic E-state index is 0.0641. The summed E-state index contributed by atoms with van der Waals surface area (Å²) in [4.78, 5) is 28.0. The molecule has 3 nitrogen and oxygen atoms in total. The molecule has 0 spiro atoms. The van der Waals surface area contributed by atoms with E-state index in [0.29, 0.717) is 28.6 Å². The van der Waals surface area contributed by atoms with Crippen molar-refractivity contribution in [1.82, 2.24) is 0 Å². The van der Waals surface area contributed by atoms with Gasteiger partial charge in [0.1, 0.15) is 0 Å². The van der Waals surface area contributed by atoms with Gasteiger partial charge in [-0.2, -0.15) is 0 Å². The number of carbonyl (C=O) groups excluding carboxylic acids is 2. The van der Waals surface area contributed by atoms with Crippen LogP contribution in [-0.2, 0) is 9.59 Å². The monoisotopic (exact) mass is 435 g/mol. The average molecular weight is 436 g/mol. The Bertz CT molecular complexity index is 1230. The highest BCUT2D eigenvalue weighted by molar-refractivity contribution is 6.44. The molecule has 5 heteroatoms. The molecule has 2 aliphatic rings. The van der Waals surface area contributed by atoms with Crippen molar-refractivity contribution in [2.45, 2.75) is 31.6 Å². The van der Waals surface area contributed by atoms with Crippen LogP contribution in [0.15, 0.2) is 71.9 Å². The summed E-state index contributed by atoms with van der Waals surface area (Å²) in [5.41, 5.74) is 3.06. The zero-order chi connectivity index (χ0) is 20.8. The fourth-order valence-electron chi connectivity index (χ4n) is 4.65. The number of allylic oxidation sites excluding steroid dienone is 2. The summed E-state index contributed by atoms with van der Waals surface area (Å²) in [6, 6.07) is 19.6. The molecule has 150 valence electrons. The van der Waals surface area contributed by atoms with Gasteiger partial charge < -0.3 is 0 Å². The van der Waals surface area contributed by atoms with Crippen molar-refractivity contribution in [1.29, 1.82) is 0 Å². The molecule has 3 aromatic rings. The number of fused-ring (bicyclic) bond motifs is 1. The molecule has 0 bridgehead atoms. The number of anilines is 1. The summed E-state index contributed by atoms with van der Waals surface area (Å²) in [6.45, 7) is 0. The Balaban J connectivity index is 1.68. The molecule has 0 aromatic heterocycles. The van der Waals surface area contributed by atoms with Crippen LogP contribution in [0.4, 0.5) is 5.69 Å². The van der Waals surface area contributed by atoms with Crippen LogP contribution in [0.3, 0.4) is 0 Å². The Morgan fingerprint density at radius 3 is 2.50 bits per heavy atom. The van der Waals surface area contributed by atoms with Crippen LogP contribution in [-0.4, -0.2) is 11.7 Å². The number of ketones is 1. The normalized spacial score (nSPS) is 19.4. The number of carbonyl (C=O) groups is 2. The summed E-state index contributed by atoms with van der Waals surface area (Å²) in [7, 11) is 0. The molecule has 30 heavy (non-hydrogen) atoms. The molecule has 3 aromatic carbocycles. The molecular weight excluding hydrogens is 417 g/mol. The Hall–Kier alpha value is -2.62. The van der Waals surface area contributed by atoms with Gasteiger partial charge in [0.2, 0.25) is 5.91 Å². The fourth-order valence-corrected chi connectivity index (χ4v) is 5.03. The molecule has 0 saturated carbocycles. The van der Waals surface area contributed by atoms with Gasteiger partial charge in [-0.1, -0.05) is 71.7 Å². The third kappa shape index (κ3) is 3.13. The van der Waals surface area contributed by atoms with Crippen LogP contribution >= 0.6 is 23.2 Å². The van der Waals surface area contributed by atoms with Gasteiger partial charge in [-0.15, -0.1) is 0 Å². The van der Waals surface area contributed by atoms with Gasteiger partial charge in [-0.05, 0) is 41.3 Å². The molecule has 0 radical (unpaired) electrons. The third-order valence-corrected chi connectivity index (χ3v) is 6.83. The molecule has 1 atom stereocenters. The minimum atomic E-state index is -0.237. The van der Waals surface area contributed by atoms with E-state index in [9.17, 15) is 9.59 Å². The number of rotatable bonds is 2. The predicted octanol–water partition coefficient (Wildman–Crippen LogP) is 6.67. The lowest BCUT2D eigenvalue weighted by atomic mass is 9.77. The number of amides is 1. The van der Waals surface area contributed by atoms with Crippen molar-refractivity contribution in [3.8, 4) is 0 Å². The Morgan fingerprint density at radius 1 is 0.867 bits per heavy atom. The van der Waals surface area contributed by atoms with E-state index in [-0.39, 0.29) is 24.0 Å². The number of benzene rings is 3. The highest BCUT2D eigenvalue weighted by Gasteiger charge is 2.40. The van der Waals surface area contributed by atoms with Gasteiger partial charge >= 0.3 is 0 Å².